The van der Waals surface area contributed by atoms with Gasteiger partial charge in [-0.15, -0.1) is 0 Å². The van der Waals surface area contributed by atoms with Gasteiger partial charge in [-0.25, -0.2) is 4.68 Å². The normalized spacial score (nSPS) is 18.8. The number of fused-ring (bicyclic) bond motifs is 2. The molecule has 4 rings (SSSR count). The minimum Gasteiger partial charge on any atom is -0.493 e. The third-order valence-corrected chi connectivity index (χ3v) is 4.96. The average Bonchev–Trinajstić information content (AvgIpc) is 3.13. The van der Waals surface area contributed by atoms with Crippen LogP contribution in [0.3, 0.4) is 0 Å². The lowest BCUT2D eigenvalue weighted by Gasteiger charge is -2.34. The molecule has 2 aliphatic heterocycles. The Kier molecular flexibility index (Phi) is 3.99. The Labute approximate surface area is 146 Å². The van der Waals surface area contributed by atoms with E-state index < -0.39 is 0 Å². The van der Waals surface area contributed by atoms with Crippen molar-refractivity contribution in [3.63, 3.8) is 0 Å². The van der Waals surface area contributed by atoms with Crippen molar-refractivity contribution in [3.8, 4) is 11.5 Å². The fraction of sp³-hybridized carbons (Fsp3) is 0.444. The second-order valence-electron chi connectivity index (χ2n) is 6.41. The smallest absolute Gasteiger partial charge is 0.233 e. The fourth-order valence-electron chi connectivity index (χ4n) is 3.65. The van der Waals surface area contributed by atoms with Crippen molar-refractivity contribution >= 4 is 17.4 Å². The summed E-state index contributed by atoms with van der Waals surface area (Å²) >= 11 is 0. The highest BCUT2D eigenvalue weighted by Gasteiger charge is 2.32. The van der Waals surface area contributed by atoms with Crippen molar-refractivity contribution in [2.75, 3.05) is 37.5 Å². The Bertz CT molecular complexity index is 802. The molecule has 1 unspecified atom stereocenters. The molecule has 0 saturated carbocycles. The summed E-state index contributed by atoms with van der Waals surface area (Å²) in [4.78, 5) is 15.1. The molecule has 1 amide bonds. The van der Waals surface area contributed by atoms with Crippen LogP contribution in [0, 0.1) is 5.92 Å². The summed E-state index contributed by atoms with van der Waals surface area (Å²) in [6.07, 6.45) is 3.63. The quantitative estimate of drug-likeness (QED) is 0.923. The number of benzene rings is 1. The third kappa shape index (κ3) is 2.69. The van der Waals surface area contributed by atoms with Crippen LogP contribution in [0.5, 0.6) is 11.5 Å². The van der Waals surface area contributed by atoms with Crippen LogP contribution in [0.25, 0.3) is 0 Å². The topological polar surface area (TPSA) is 68.6 Å². The highest BCUT2D eigenvalue weighted by atomic mass is 16.5. The largest absolute Gasteiger partial charge is 0.493 e. The van der Waals surface area contributed by atoms with E-state index in [1.54, 1.807) is 20.4 Å². The molecule has 7 heteroatoms. The SMILES string of the molecule is COc1cc2c(cc1OC)N(C(=O)C1CNc3ccnn3C1)CCC2. The van der Waals surface area contributed by atoms with Gasteiger partial charge in [-0.05, 0) is 24.5 Å². The molecule has 0 fully saturated rings. The summed E-state index contributed by atoms with van der Waals surface area (Å²) in [5, 5.41) is 7.56. The van der Waals surface area contributed by atoms with Crippen molar-refractivity contribution in [3.05, 3.63) is 30.0 Å². The predicted molar refractivity (Wildman–Crippen MR) is 94.4 cm³/mol. The van der Waals surface area contributed by atoms with Gasteiger partial charge in [-0.2, -0.15) is 5.10 Å². The van der Waals surface area contributed by atoms with Crippen LogP contribution in [-0.4, -0.2) is 43.0 Å². The summed E-state index contributed by atoms with van der Waals surface area (Å²) in [7, 11) is 3.24. The predicted octanol–water partition coefficient (Wildman–Crippen LogP) is 1.92. The van der Waals surface area contributed by atoms with Gasteiger partial charge in [0, 0.05) is 25.2 Å². The number of aromatic nitrogens is 2. The van der Waals surface area contributed by atoms with Crippen LogP contribution in [0.1, 0.15) is 12.0 Å². The molecule has 1 aromatic carbocycles. The molecule has 25 heavy (non-hydrogen) atoms. The highest BCUT2D eigenvalue weighted by molar-refractivity contribution is 5.97. The fourth-order valence-corrected chi connectivity index (χ4v) is 3.65. The molecule has 0 saturated heterocycles. The number of ether oxygens (including phenoxy) is 2. The first-order valence-electron chi connectivity index (χ1n) is 8.53. The van der Waals surface area contributed by atoms with Gasteiger partial charge in [0.2, 0.25) is 5.91 Å². The molecule has 0 bridgehead atoms. The monoisotopic (exact) mass is 342 g/mol. The zero-order valence-electron chi connectivity index (χ0n) is 14.5. The maximum atomic E-state index is 13.2. The van der Waals surface area contributed by atoms with E-state index in [2.05, 4.69) is 10.4 Å². The van der Waals surface area contributed by atoms with Crippen LogP contribution in [0.2, 0.25) is 0 Å². The number of hydrogen-bond donors (Lipinski definition) is 1. The maximum Gasteiger partial charge on any atom is 0.233 e. The molecule has 1 atom stereocenters. The number of nitrogens with zero attached hydrogens (tertiary/aromatic N) is 3. The minimum absolute atomic E-state index is 0.127. The Morgan fingerprint density at radius 1 is 1.28 bits per heavy atom. The molecule has 1 N–H and O–H groups in total. The minimum atomic E-state index is -0.133. The van der Waals surface area contributed by atoms with E-state index >= 15 is 0 Å². The number of hydrogen-bond acceptors (Lipinski definition) is 5. The average molecular weight is 342 g/mol. The van der Waals surface area contributed by atoms with Gasteiger partial charge in [0.15, 0.2) is 11.5 Å². The van der Waals surface area contributed by atoms with E-state index in [4.69, 9.17) is 9.47 Å². The van der Waals surface area contributed by atoms with Crippen LogP contribution in [0.4, 0.5) is 11.5 Å². The van der Waals surface area contributed by atoms with Gasteiger partial charge >= 0.3 is 0 Å². The first kappa shape index (κ1) is 15.8. The summed E-state index contributed by atoms with van der Waals surface area (Å²) in [5.74, 6) is 2.32. The van der Waals surface area contributed by atoms with Gasteiger partial charge in [-0.1, -0.05) is 0 Å². The molecule has 7 nitrogen and oxygen atoms in total. The van der Waals surface area contributed by atoms with Crippen LogP contribution in [-0.2, 0) is 17.8 Å². The van der Waals surface area contributed by atoms with Crippen molar-refractivity contribution in [1.82, 2.24) is 9.78 Å². The van der Waals surface area contributed by atoms with E-state index in [-0.39, 0.29) is 11.8 Å². The molecule has 132 valence electrons. The van der Waals surface area contributed by atoms with Gasteiger partial charge in [0.25, 0.3) is 0 Å². The number of anilines is 2. The van der Waals surface area contributed by atoms with Crippen molar-refractivity contribution in [2.24, 2.45) is 5.92 Å². The number of methoxy groups -OCH3 is 2. The molecule has 2 aromatic rings. The molecular weight excluding hydrogens is 320 g/mol. The molecule has 1 aromatic heterocycles. The van der Waals surface area contributed by atoms with E-state index in [1.807, 2.05) is 27.8 Å². The number of nitrogens with one attached hydrogen (secondary N) is 1. The van der Waals surface area contributed by atoms with Crippen molar-refractivity contribution in [2.45, 2.75) is 19.4 Å². The van der Waals surface area contributed by atoms with Gasteiger partial charge in [-0.3, -0.25) is 4.79 Å². The number of amides is 1. The molecule has 3 heterocycles. The van der Waals surface area contributed by atoms with Crippen LogP contribution in [0.15, 0.2) is 24.4 Å². The number of aryl methyl sites for hydroxylation is 1. The number of carbonyl (C=O) groups excluding carboxylic acids is 1. The lowest BCUT2D eigenvalue weighted by Crippen LogP contribution is -2.45. The van der Waals surface area contributed by atoms with E-state index in [0.29, 0.717) is 24.6 Å². The number of rotatable bonds is 3. The first-order valence-corrected chi connectivity index (χ1v) is 8.53. The Morgan fingerprint density at radius 3 is 2.88 bits per heavy atom. The second kappa shape index (κ2) is 6.31. The summed E-state index contributed by atoms with van der Waals surface area (Å²) in [5.41, 5.74) is 2.06. The first-order chi connectivity index (χ1) is 12.2. The Hall–Kier alpha value is -2.70. The molecule has 0 spiro atoms. The summed E-state index contributed by atoms with van der Waals surface area (Å²) in [6.45, 7) is 1.96. The molecule has 0 radical (unpaired) electrons. The summed E-state index contributed by atoms with van der Waals surface area (Å²) in [6, 6.07) is 5.83. The highest BCUT2D eigenvalue weighted by Crippen LogP contribution is 2.38. The van der Waals surface area contributed by atoms with Crippen LogP contribution >= 0.6 is 0 Å². The lowest BCUT2D eigenvalue weighted by atomic mass is 9.98. The maximum absolute atomic E-state index is 13.2. The molecule has 0 aliphatic carbocycles. The van der Waals surface area contributed by atoms with E-state index in [1.165, 1.54) is 0 Å². The lowest BCUT2D eigenvalue weighted by molar-refractivity contribution is -0.122. The van der Waals surface area contributed by atoms with Crippen molar-refractivity contribution < 1.29 is 14.3 Å². The zero-order valence-corrected chi connectivity index (χ0v) is 14.5. The Balaban J connectivity index is 1.63. The Morgan fingerprint density at radius 2 is 2.08 bits per heavy atom. The zero-order chi connectivity index (χ0) is 17.4. The standard InChI is InChI=1S/C18H22N4O3/c1-24-15-8-12-4-3-7-21(14(12)9-16(15)25-2)18(23)13-10-19-17-5-6-20-22(17)11-13/h5-6,8-9,13,19H,3-4,7,10-11H2,1-2H3. The summed E-state index contributed by atoms with van der Waals surface area (Å²) < 4.78 is 12.7. The van der Waals surface area contributed by atoms with Crippen LogP contribution < -0.4 is 19.7 Å². The van der Waals surface area contributed by atoms with Gasteiger partial charge in [0.05, 0.1) is 38.6 Å². The molecular formula is C18H22N4O3. The van der Waals surface area contributed by atoms with E-state index in [0.717, 1.165) is 36.5 Å². The number of carbonyl (C=O) groups is 1. The van der Waals surface area contributed by atoms with Crippen molar-refractivity contribution in [1.29, 1.82) is 0 Å². The second-order valence-corrected chi connectivity index (χ2v) is 6.41. The third-order valence-electron chi connectivity index (χ3n) is 4.96. The van der Waals surface area contributed by atoms with Gasteiger partial charge < -0.3 is 19.7 Å². The van der Waals surface area contributed by atoms with E-state index in [9.17, 15) is 4.79 Å². The molecule has 2 aliphatic rings. The van der Waals surface area contributed by atoms with Gasteiger partial charge in [0.1, 0.15) is 5.82 Å².